The molecule has 1 rings (SSSR count). The SMILES string of the molecule is NC(=S)CNC(=O)C1CCCCC1. The topological polar surface area (TPSA) is 55.1 Å². The van der Waals surface area contributed by atoms with Crippen LogP contribution in [0.25, 0.3) is 0 Å². The van der Waals surface area contributed by atoms with Gasteiger partial charge in [0, 0.05) is 5.92 Å². The van der Waals surface area contributed by atoms with Crippen LogP contribution in [0, 0.1) is 5.92 Å². The molecule has 0 unspecified atom stereocenters. The lowest BCUT2D eigenvalue weighted by molar-refractivity contribution is -0.125. The van der Waals surface area contributed by atoms with Crippen LogP contribution < -0.4 is 11.1 Å². The molecule has 0 atom stereocenters. The lowest BCUT2D eigenvalue weighted by Gasteiger charge is -2.20. The van der Waals surface area contributed by atoms with Crippen molar-refractivity contribution in [1.82, 2.24) is 5.32 Å². The minimum atomic E-state index is 0.118. The Morgan fingerprint density at radius 2 is 2.00 bits per heavy atom. The Bertz CT molecular complexity index is 200. The molecule has 1 fully saturated rings. The predicted molar refractivity (Wildman–Crippen MR) is 56.4 cm³/mol. The second kappa shape index (κ2) is 5.17. The maximum Gasteiger partial charge on any atom is 0.223 e. The second-order valence-electron chi connectivity index (χ2n) is 3.52. The highest BCUT2D eigenvalue weighted by Crippen LogP contribution is 2.23. The number of hydrogen-bond donors (Lipinski definition) is 2. The van der Waals surface area contributed by atoms with Crippen molar-refractivity contribution in [1.29, 1.82) is 0 Å². The summed E-state index contributed by atoms with van der Waals surface area (Å²) in [5, 5.41) is 2.75. The molecule has 0 aliphatic heterocycles. The molecule has 4 heteroatoms. The summed E-state index contributed by atoms with van der Waals surface area (Å²) in [6.07, 6.45) is 5.64. The predicted octanol–water partition coefficient (Wildman–Crippen LogP) is 0.969. The molecule has 13 heavy (non-hydrogen) atoms. The molecule has 0 aromatic rings. The largest absolute Gasteiger partial charge is 0.392 e. The van der Waals surface area contributed by atoms with E-state index in [4.69, 9.17) is 5.73 Å². The van der Waals surface area contributed by atoms with Crippen molar-refractivity contribution >= 4 is 23.1 Å². The third kappa shape index (κ3) is 3.72. The molecule has 0 heterocycles. The lowest BCUT2D eigenvalue weighted by atomic mass is 9.89. The van der Waals surface area contributed by atoms with Gasteiger partial charge in [-0.25, -0.2) is 0 Å². The summed E-state index contributed by atoms with van der Waals surface area (Å²) in [7, 11) is 0. The van der Waals surface area contributed by atoms with Gasteiger partial charge in [-0.15, -0.1) is 0 Å². The number of carbonyl (C=O) groups excluding carboxylic acids is 1. The smallest absolute Gasteiger partial charge is 0.223 e. The molecule has 0 aromatic heterocycles. The molecular formula is C9H16N2OS. The van der Waals surface area contributed by atoms with Crippen LogP contribution in [0.5, 0.6) is 0 Å². The maximum absolute atomic E-state index is 11.5. The van der Waals surface area contributed by atoms with Gasteiger partial charge in [0.05, 0.1) is 11.5 Å². The summed E-state index contributed by atoms with van der Waals surface area (Å²) in [4.78, 5) is 11.8. The van der Waals surface area contributed by atoms with Crippen molar-refractivity contribution in [3.05, 3.63) is 0 Å². The number of rotatable bonds is 3. The first-order chi connectivity index (χ1) is 6.20. The molecule has 1 amide bonds. The summed E-state index contributed by atoms with van der Waals surface area (Å²) in [5.41, 5.74) is 5.29. The molecule has 3 N–H and O–H groups in total. The average molecular weight is 200 g/mol. The van der Waals surface area contributed by atoms with E-state index < -0.39 is 0 Å². The van der Waals surface area contributed by atoms with E-state index in [-0.39, 0.29) is 11.8 Å². The van der Waals surface area contributed by atoms with Crippen LogP contribution >= 0.6 is 12.2 Å². The molecule has 0 aromatic carbocycles. The number of amides is 1. The molecule has 1 aliphatic rings. The maximum atomic E-state index is 11.5. The fourth-order valence-electron chi connectivity index (χ4n) is 1.68. The van der Waals surface area contributed by atoms with Crippen LogP contribution in [0.15, 0.2) is 0 Å². The van der Waals surface area contributed by atoms with E-state index in [9.17, 15) is 4.79 Å². The third-order valence-corrected chi connectivity index (χ3v) is 2.56. The molecule has 1 saturated carbocycles. The molecule has 0 radical (unpaired) electrons. The van der Waals surface area contributed by atoms with Gasteiger partial charge in [0.25, 0.3) is 0 Å². The van der Waals surface area contributed by atoms with Crippen molar-refractivity contribution in [2.45, 2.75) is 32.1 Å². The van der Waals surface area contributed by atoms with Crippen LogP contribution in [0.1, 0.15) is 32.1 Å². The quantitative estimate of drug-likeness (QED) is 0.667. The van der Waals surface area contributed by atoms with Crippen molar-refractivity contribution in [2.75, 3.05) is 6.54 Å². The highest BCUT2D eigenvalue weighted by molar-refractivity contribution is 7.80. The van der Waals surface area contributed by atoms with Crippen molar-refractivity contribution < 1.29 is 4.79 Å². The molecule has 74 valence electrons. The summed E-state index contributed by atoms with van der Waals surface area (Å²) >= 11 is 4.68. The van der Waals surface area contributed by atoms with Crippen LogP contribution in [0.2, 0.25) is 0 Å². The summed E-state index contributed by atoms with van der Waals surface area (Å²) < 4.78 is 0. The molecule has 0 spiro atoms. The zero-order valence-electron chi connectivity index (χ0n) is 7.71. The highest BCUT2D eigenvalue weighted by Gasteiger charge is 2.20. The van der Waals surface area contributed by atoms with Crippen molar-refractivity contribution in [3.8, 4) is 0 Å². The van der Waals surface area contributed by atoms with Crippen molar-refractivity contribution in [2.24, 2.45) is 11.7 Å². The Labute approximate surface area is 84.1 Å². The van der Waals surface area contributed by atoms with Gasteiger partial charge < -0.3 is 11.1 Å². The van der Waals surface area contributed by atoms with Crippen molar-refractivity contribution in [3.63, 3.8) is 0 Å². The Kier molecular flexibility index (Phi) is 4.15. The molecule has 3 nitrogen and oxygen atoms in total. The Morgan fingerprint density at radius 3 is 2.54 bits per heavy atom. The van der Waals surface area contributed by atoms with Gasteiger partial charge in [-0.3, -0.25) is 4.79 Å². The van der Waals surface area contributed by atoms with E-state index in [1.165, 1.54) is 19.3 Å². The Balaban J connectivity index is 2.25. The first-order valence-corrected chi connectivity index (χ1v) is 5.17. The van der Waals surface area contributed by atoms with E-state index in [1.807, 2.05) is 0 Å². The van der Waals surface area contributed by atoms with E-state index >= 15 is 0 Å². The zero-order valence-corrected chi connectivity index (χ0v) is 8.53. The van der Waals surface area contributed by atoms with E-state index in [2.05, 4.69) is 17.5 Å². The minimum absolute atomic E-state index is 0.118. The monoisotopic (exact) mass is 200 g/mol. The van der Waals surface area contributed by atoms with E-state index in [0.29, 0.717) is 11.5 Å². The van der Waals surface area contributed by atoms with Gasteiger partial charge in [0.2, 0.25) is 5.91 Å². The summed E-state index contributed by atoms with van der Waals surface area (Å²) in [6, 6.07) is 0. The van der Waals surface area contributed by atoms with Gasteiger partial charge in [-0.05, 0) is 12.8 Å². The second-order valence-corrected chi connectivity index (χ2v) is 4.04. The third-order valence-electron chi connectivity index (χ3n) is 2.41. The van der Waals surface area contributed by atoms with E-state index in [1.54, 1.807) is 0 Å². The van der Waals surface area contributed by atoms with Crippen LogP contribution in [0.3, 0.4) is 0 Å². The van der Waals surface area contributed by atoms with Gasteiger partial charge in [-0.2, -0.15) is 0 Å². The molecule has 0 bridgehead atoms. The number of thiocarbonyl (C=S) groups is 1. The normalized spacial score (nSPS) is 18.2. The fraction of sp³-hybridized carbons (Fsp3) is 0.778. The van der Waals surface area contributed by atoms with Crippen LogP contribution in [-0.2, 0) is 4.79 Å². The number of carbonyl (C=O) groups is 1. The van der Waals surface area contributed by atoms with Gasteiger partial charge in [0.1, 0.15) is 0 Å². The van der Waals surface area contributed by atoms with Gasteiger partial charge >= 0.3 is 0 Å². The van der Waals surface area contributed by atoms with Gasteiger partial charge in [-0.1, -0.05) is 31.5 Å². The summed E-state index contributed by atoms with van der Waals surface area (Å²) in [5.74, 6) is 0.315. The Morgan fingerprint density at radius 1 is 1.38 bits per heavy atom. The number of nitrogens with two attached hydrogens (primary N) is 1. The van der Waals surface area contributed by atoms with Gasteiger partial charge in [0.15, 0.2) is 0 Å². The number of hydrogen-bond acceptors (Lipinski definition) is 2. The lowest BCUT2D eigenvalue weighted by Crippen LogP contribution is -2.37. The molecule has 1 aliphatic carbocycles. The first-order valence-electron chi connectivity index (χ1n) is 4.76. The standard InChI is InChI=1S/C9H16N2OS/c10-8(13)6-11-9(12)7-4-2-1-3-5-7/h7H,1-6H2,(H2,10,13)(H,11,12). The minimum Gasteiger partial charge on any atom is -0.392 e. The highest BCUT2D eigenvalue weighted by atomic mass is 32.1. The zero-order chi connectivity index (χ0) is 9.68. The fourth-order valence-corrected chi connectivity index (χ4v) is 1.76. The molecule has 0 saturated heterocycles. The first kappa shape index (κ1) is 10.4. The summed E-state index contributed by atoms with van der Waals surface area (Å²) in [6.45, 7) is 0.338. The number of nitrogens with one attached hydrogen (secondary N) is 1. The van der Waals surface area contributed by atoms with Crippen LogP contribution in [-0.4, -0.2) is 17.4 Å². The Hall–Kier alpha value is -0.640. The van der Waals surface area contributed by atoms with Crippen LogP contribution in [0.4, 0.5) is 0 Å². The molecular weight excluding hydrogens is 184 g/mol. The average Bonchev–Trinajstić information content (AvgIpc) is 2.15. The van der Waals surface area contributed by atoms with E-state index in [0.717, 1.165) is 12.8 Å².